The highest BCUT2D eigenvalue weighted by molar-refractivity contribution is 5.83. The van der Waals surface area contributed by atoms with E-state index in [1.807, 2.05) is 12.3 Å². The molecule has 3 rings (SSSR count). The summed E-state index contributed by atoms with van der Waals surface area (Å²) in [6.07, 6.45) is 3.32. The molecular formula is C22H32N6O6. The van der Waals surface area contributed by atoms with Gasteiger partial charge in [-0.1, -0.05) is 30.3 Å². The third-order valence-corrected chi connectivity index (χ3v) is 5.38. The van der Waals surface area contributed by atoms with Gasteiger partial charge in [0.05, 0.1) is 0 Å². The third-order valence-electron chi connectivity index (χ3n) is 5.38. The normalized spacial score (nSPS) is 22.6. The standard InChI is InChI=1S/C22H32N6O6/c29-19(18-12-16(28-34-18)8-4-9-23-21-24-10-5-11-25-21)26-13-17(20(30)31)27-22(32)33-14-15-6-2-1-3-7-15/h1-3,6-7,10,16-18,21,23,25,28H,4-5,8-9,11-14H2,(H,26,29)(H,27,32)(H,30,31). The Morgan fingerprint density at radius 2 is 2.09 bits per heavy atom. The lowest BCUT2D eigenvalue weighted by Gasteiger charge is -2.19. The van der Waals surface area contributed by atoms with Gasteiger partial charge < -0.3 is 20.5 Å². The maximum absolute atomic E-state index is 12.4. The largest absolute Gasteiger partial charge is 0.480 e. The first-order chi connectivity index (χ1) is 16.5. The SMILES string of the molecule is O=C(NC(CNC(=O)C1CC(CCCNC2N=CCCN2)NO1)C(=O)O)OCc1ccccc1. The van der Waals surface area contributed by atoms with E-state index in [4.69, 9.17) is 9.57 Å². The monoisotopic (exact) mass is 476 g/mol. The number of benzene rings is 1. The zero-order valence-corrected chi connectivity index (χ0v) is 18.9. The minimum atomic E-state index is -1.33. The molecule has 1 saturated heterocycles. The Bertz CT molecular complexity index is 838. The number of aliphatic carboxylic acids is 1. The molecule has 12 heteroatoms. The zero-order chi connectivity index (χ0) is 24.2. The summed E-state index contributed by atoms with van der Waals surface area (Å²) in [7, 11) is 0. The zero-order valence-electron chi connectivity index (χ0n) is 18.9. The summed E-state index contributed by atoms with van der Waals surface area (Å²) in [6.45, 7) is 1.39. The van der Waals surface area contributed by atoms with Crippen LogP contribution in [0.25, 0.3) is 0 Å². The van der Waals surface area contributed by atoms with Crippen molar-refractivity contribution < 1.29 is 29.1 Å². The Kier molecular flexibility index (Phi) is 10.2. The number of amides is 2. The summed E-state index contributed by atoms with van der Waals surface area (Å²) in [4.78, 5) is 45.5. The number of carbonyl (C=O) groups excluding carboxylic acids is 2. The highest BCUT2D eigenvalue weighted by Gasteiger charge is 2.32. The van der Waals surface area contributed by atoms with Gasteiger partial charge in [0.15, 0.2) is 12.4 Å². The minimum absolute atomic E-state index is 0.00818. The average molecular weight is 477 g/mol. The summed E-state index contributed by atoms with van der Waals surface area (Å²) in [5.74, 6) is -1.73. The van der Waals surface area contributed by atoms with Crippen molar-refractivity contribution in [3.8, 4) is 0 Å². The van der Waals surface area contributed by atoms with Crippen LogP contribution in [0.15, 0.2) is 35.3 Å². The van der Waals surface area contributed by atoms with Crippen molar-refractivity contribution in [1.29, 1.82) is 0 Å². The van der Waals surface area contributed by atoms with Crippen LogP contribution in [0.3, 0.4) is 0 Å². The van der Waals surface area contributed by atoms with E-state index in [1.54, 1.807) is 24.3 Å². The summed E-state index contributed by atoms with van der Waals surface area (Å²) >= 11 is 0. The van der Waals surface area contributed by atoms with Gasteiger partial charge >= 0.3 is 12.1 Å². The molecular weight excluding hydrogens is 444 g/mol. The van der Waals surface area contributed by atoms with Crippen LogP contribution in [0.5, 0.6) is 0 Å². The maximum Gasteiger partial charge on any atom is 0.408 e. The molecule has 1 aromatic carbocycles. The third kappa shape index (κ3) is 8.71. The highest BCUT2D eigenvalue weighted by Crippen LogP contribution is 2.15. The Balaban J connectivity index is 1.31. The van der Waals surface area contributed by atoms with E-state index < -0.39 is 30.1 Å². The van der Waals surface area contributed by atoms with Gasteiger partial charge in [0, 0.05) is 31.8 Å². The van der Waals surface area contributed by atoms with Crippen molar-refractivity contribution in [3.05, 3.63) is 35.9 Å². The van der Waals surface area contributed by atoms with Crippen LogP contribution in [0.1, 0.15) is 31.2 Å². The number of nitrogens with zero attached hydrogens (tertiary/aromatic N) is 1. The van der Waals surface area contributed by atoms with E-state index in [1.165, 1.54) is 0 Å². The van der Waals surface area contributed by atoms with E-state index in [9.17, 15) is 19.5 Å². The average Bonchev–Trinajstić information content (AvgIpc) is 3.33. The van der Waals surface area contributed by atoms with Crippen LogP contribution in [0, 0.1) is 0 Å². The van der Waals surface area contributed by atoms with Gasteiger partial charge in [0.1, 0.15) is 12.6 Å². The number of hydrogen-bond acceptors (Lipinski definition) is 9. The number of carboxylic acid groups (broad SMARTS) is 1. The number of aliphatic imine (C=N–C) groups is 1. The van der Waals surface area contributed by atoms with Gasteiger partial charge in [-0.15, -0.1) is 0 Å². The van der Waals surface area contributed by atoms with E-state index in [0.717, 1.165) is 37.9 Å². The van der Waals surface area contributed by atoms with Crippen molar-refractivity contribution in [2.75, 3.05) is 19.6 Å². The second kappa shape index (κ2) is 13.6. The first-order valence-corrected chi connectivity index (χ1v) is 11.4. The molecule has 6 N–H and O–H groups in total. The van der Waals surface area contributed by atoms with Gasteiger partial charge in [0.2, 0.25) is 0 Å². The number of carbonyl (C=O) groups is 3. The van der Waals surface area contributed by atoms with Crippen molar-refractivity contribution in [3.63, 3.8) is 0 Å². The van der Waals surface area contributed by atoms with Gasteiger partial charge in [-0.05, 0) is 31.4 Å². The Labute approximate surface area is 197 Å². The van der Waals surface area contributed by atoms with Crippen molar-refractivity contribution in [1.82, 2.24) is 26.7 Å². The molecule has 4 atom stereocenters. The van der Waals surface area contributed by atoms with Gasteiger partial charge in [-0.3, -0.25) is 25.3 Å². The fraction of sp³-hybridized carbons (Fsp3) is 0.545. The summed E-state index contributed by atoms with van der Waals surface area (Å²) < 4.78 is 5.04. The number of hydrogen-bond donors (Lipinski definition) is 6. The van der Waals surface area contributed by atoms with E-state index in [2.05, 4.69) is 31.7 Å². The number of carboxylic acids is 1. The van der Waals surface area contributed by atoms with Gasteiger partial charge in [-0.2, -0.15) is 5.48 Å². The molecule has 0 spiro atoms. The number of rotatable bonds is 12. The lowest BCUT2D eigenvalue weighted by molar-refractivity contribution is -0.139. The van der Waals surface area contributed by atoms with Crippen LogP contribution < -0.4 is 26.7 Å². The molecule has 0 bridgehead atoms. The smallest absolute Gasteiger partial charge is 0.408 e. The predicted molar refractivity (Wildman–Crippen MR) is 123 cm³/mol. The van der Waals surface area contributed by atoms with E-state index in [0.29, 0.717) is 6.42 Å². The summed E-state index contributed by atoms with van der Waals surface area (Å²) in [5, 5.41) is 20.7. The number of ether oxygens (including phenoxy) is 1. The molecule has 0 aliphatic carbocycles. The van der Waals surface area contributed by atoms with Crippen molar-refractivity contribution >= 4 is 24.2 Å². The Morgan fingerprint density at radius 3 is 2.82 bits per heavy atom. The molecule has 2 aliphatic heterocycles. The van der Waals surface area contributed by atoms with Crippen LogP contribution in [0.4, 0.5) is 4.79 Å². The lowest BCUT2D eigenvalue weighted by Crippen LogP contribution is -2.50. The number of nitrogens with one attached hydrogen (secondary N) is 5. The van der Waals surface area contributed by atoms with E-state index >= 15 is 0 Å². The molecule has 12 nitrogen and oxygen atoms in total. The molecule has 2 heterocycles. The maximum atomic E-state index is 12.4. The second-order valence-corrected chi connectivity index (χ2v) is 8.07. The molecule has 186 valence electrons. The molecule has 1 fully saturated rings. The summed E-state index contributed by atoms with van der Waals surface area (Å²) in [5.41, 5.74) is 3.63. The molecule has 34 heavy (non-hydrogen) atoms. The molecule has 0 radical (unpaired) electrons. The number of alkyl carbamates (subject to hydrolysis) is 1. The molecule has 2 aliphatic rings. The summed E-state index contributed by atoms with van der Waals surface area (Å²) in [6, 6.07) is 7.69. The predicted octanol–water partition coefficient (Wildman–Crippen LogP) is -0.138. The Hall–Kier alpha value is -3.06. The molecule has 1 aromatic rings. The quantitative estimate of drug-likeness (QED) is 0.226. The van der Waals surface area contributed by atoms with Crippen LogP contribution in [0.2, 0.25) is 0 Å². The van der Waals surface area contributed by atoms with Crippen LogP contribution >= 0.6 is 0 Å². The molecule has 2 amide bonds. The van der Waals surface area contributed by atoms with Gasteiger partial charge in [-0.25, -0.2) is 9.59 Å². The fourth-order valence-electron chi connectivity index (χ4n) is 3.52. The molecule has 0 saturated carbocycles. The second-order valence-electron chi connectivity index (χ2n) is 8.07. The van der Waals surface area contributed by atoms with Crippen LogP contribution in [-0.2, 0) is 25.8 Å². The van der Waals surface area contributed by atoms with Crippen LogP contribution in [-0.4, -0.2) is 73.4 Å². The lowest BCUT2D eigenvalue weighted by atomic mass is 10.1. The number of hydroxylamine groups is 1. The topological polar surface area (TPSA) is 162 Å². The first kappa shape index (κ1) is 25.6. The van der Waals surface area contributed by atoms with E-state index in [-0.39, 0.29) is 25.5 Å². The van der Waals surface area contributed by atoms with Gasteiger partial charge in [0.25, 0.3) is 5.91 Å². The van der Waals surface area contributed by atoms with Crippen molar-refractivity contribution in [2.24, 2.45) is 4.99 Å². The minimum Gasteiger partial charge on any atom is -0.480 e. The van der Waals surface area contributed by atoms with Crippen molar-refractivity contribution in [2.45, 2.75) is 56.8 Å². The molecule has 4 unspecified atom stereocenters. The fourth-order valence-corrected chi connectivity index (χ4v) is 3.52. The first-order valence-electron chi connectivity index (χ1n) is 11.4. The Morgan fingerprint density at radius 1 is 1.26 bits per heavy atom. The molecule has 0 aromatic heterocycles. The highest BCUT2D eigenvalue weighted by atomic mass is 16.7.